The first-order valence-corrected chi connectivity index (χ1v) is 23.3. The highest BCUT2D eigenvalue weighted by atomic mass is 15.1. The molecular weight excluding hydrogens is 897 g/mol. The SMILES string of the molecule is Cc1nc(C)nc(-c2ccc3c4ccc(-c5nc(C)nc(C)n5)cc4n(-c4cc(-c5ccccc5C#N)c(-n5c6cc(-c7nc(C)nc(C)n7)ccc6c6ccc(-c7nc(C)nc(C)n7)cc65)cn4)c3c2)n1. The Morgan fingerprint density at radius 1 is 0.361 bits per heavy atom. The van der Waals surface area contributed by atoms with Crippen molar-refractivity contribution in [3.05, 3.63) is 161 Å². The summed E-state index contributed by atoms with van der Waals surface area (Å²) in [6, 6.07) is 37.2. The number of fused-ring (bicyclic) bond motifs is 6. The molecule has 0 radical (unpaired) electrons. The molecule has 16 nitrogen and oxygen atoms in total. The van der Waals surface area contributed by atoms with E-state index in [4.69, 9.17) is 44.9 Å². The van der Waals surface area contributed by atoms with Crippen LogP contribution in [0.5, 0.6) is 0 Å². The summed E-state index contributed by atoms with van der Waals surface area (Å²) < 4.78 is 4.36. The average molecular weight is 939 g/mol. The third-order valence-corrected chi connectivity index (χ3v) is 12.7. The van der Waals surface area contributed by atoms with Gasteiger partial charge in [0.25, 0.3) is 0 Å². The summed E-state index contributed by atoms with van der Waals surface area (Å²) in [4.78, 5) is 61.2. The largest absolute Gasteiger partial charge is 0.307 e. The Morgan fingerprint density at radius 2 is 0.694 bits per heavy atom. The lowest BCUT2D eigenvalue weighted by Crippen LogP contribution is -2.05. The highest BCUT2D eigenvalue weighted by molar-refractivity contribution is 6.13. The van der Waals surface area contributed by atoms with E-state index in [2.05, 4.69) is 89.7 Å². The van der Waals surface area contributed by atoms with Gasteiger partial charge < -0.3 is 4.57 Å². The van der Waals surface area contributed by atoms with Crippen LogP contribution in [-0.4, -0.2) is 73.9 Å². The Labute approximate surface area is 412 Å². The van der Waals surface area contributed by atoms with Gasteiger partial charge in [0, 0.05) is 54.9 Å². The van der Waals surface area contributed by atoms with Crippen LogP contribution in [0.3, 0.4) is 0 Å². The molecule has 0 saturated carbocycles. The van der Waals surface area contributed by atoms with Gasteiger partial charge in [-0.1, -0.05) is 66.7 Å². The van der Waals surface area contributed by atoms with E-state index in [-0.39, 0.29) is 0 Å². The van der Waals surface area contributed by atoms with Crippen molar-refractivity contribution in [3.8, 4) is 74.3 Å². The number of aromatic nitrogens is 15. The van der Waals surface area contributed by atoms with Gasteiger partial charge in [0.15, 0.2) is 23.3 Å². The number of benzene rings is 5. The van der Waals surface area contributed by atoms with Crippen molar-refractivity contribution >= 4 is 43.6 Å². The predicted molar refractivity (Wildman–Crippen MR) is 276 cm³/mol. The fourth-order valence-corrected chi connectivity index (χ4v) is 9.85. The average Bonchev–Trinajstić information content (AvgIpc) is 3.86. The van der Waals surface area contributed by atoms with Crippen LogP contribution in [0.25, 0.3) is 112 Å². The van der Waals surface area contributed by atoms with E-state index in [1.165, 1.54) is 0 Å². The zero-order chi connectivity index (χ0) is 49.5. The van der Waals surface area contributed by atoms with Crippen LogP contribution in [0.4, 0.5) is 0 Å². The van der Waals surface area contributed by atoms with Crippen LogP contribution in [0, 0.1) is 66.7 Å². The van der Waals surface area contributed by atoms with Crippen LogP contribution < -0.4 is 0 Å². The monoisotopic (exact) mass is 938 g/mol. The molecule has 72 heavy (non-hydrogen) atoms. The summed E-state index contributed by atoms with van der Waals surface area (Å²) in [7, 11) is 0. The number of nitriles is 1. The molecule has 0 bridgehead atoms. The van der Waals surface area contributed by atoms with Crippen molar-refractivity contribution in [2.45, 2.75) is 55.4 Å². The molecule has 7 aromatic heterocycles. The second kappa shape index (κ2) is 16.8. The molecule has 0 amide bonds. The van der Waals surface area contributed by atoms with Crippen LogP contribution in [0.1, 0.15) is 52.2 Å². The fraction of sp³-hybridized carbons (Fsp3) is 0.143. The highest BCUT2D eigenvalue weighted by Crippen LogP contribution is 2.42. The van der Waals surface area contributed by atoms with Crippen LogP contribution >= 0.6 is 0 Å². The number of hydrogen-bond acceptors (Lipinski definition) is 14. The highest BCUT2D eigenvalue weighted by Gasteiger charge is 2.24. The first-order chi connectivity index (χ1) is 34.8. The van der Waals surface area contributed by atoms with Gasteiger partial charge in [-0.05, 0) is 91.8 Å². The second-order valence-electron chi connectivity index (χ2n) is 17.8. The molecule has 0 saturated heterocycles. The Bertz CT molecular complexity index is 4000. The quantitative estimate of drug-likeness (QED) is 0.146. The predicted octanol–water partition coefficient (Wildman–Crippen LogP) is 10.7. The smallest absolute Gasteiger partial charge is 0.163 e. The Balaban J connectivity index is 1.18. The lowest BCUT2D eigenvalue weighted by atomic mass is 9.99. The standard InChI is InChI=1S/C56H42N16/c1-28-59-29(2)64-53(63-28)36-13-17-42-43-18-14-37(54-65-30(3)60-31(4)66-54)22-48(43)71(47(42)21-36)51-27-58-52(25-46(51)41-12-10-9-11-40(41)26-57)72-49-23-38(55-67-32(5)61-33(6)68-55)15-19-44(49)45-20-16-39(24-50(45)72)56-69-34(7)62-35(8)70-56/h9-25,27H,1-8H3. The molecule has 346 valence electrons. The van der Waals surface area contributed by atoms with E-state index in [9.17, 15) is 5.26 Å². The van der Waals surface area contributed by atoms with Crippen molar-refractivity contribution in [2.24, 2.45) is 0 Å². The molecule has 0 aliphatic carbocycles. The van der Waals surface area contributed by atoms with Crippen molar-refractivity contribution < 1.29 is 0 Å². The maximum atomic E-state index is 10.8. The summed E-state index contributed by atoms with van der Waals surface area (Å²) in [5.41, 5.74) is 9.48. The Hall–Kier alpha value is -9.62. The van der Waals surface area contributed by atoms with E-state index in [1.807, 2.05) is 110 Å². The molecule has 12 rings (SSSR count). The number of pyridine rings is 1. The topological polar surface area (TPSA) is 201 Å². The number of rotatable bonds is 7. The molecule has 0 spiro atoms. The van der Waals surface area contributed by atoms with Crippen LogP contribution in [0.15, 0.2) is 109 Å². The molecule has 0 atom stereocenters. The lowest BCUT2D eigenvalue weighted by molar-refractivity contribution is 0.928. The van der Waals surface area contributed by atoms with Gasteiger partial charge >= 0.3 is 0 Å². The summed E-state index contributed by atoms with van der Waals surface area (Å²) >= 11 is 0. The molecular formula is C56H42N16. The molecule has 0 aliphatic heterocycles. The first kappa shape index (κ1) is 43.6. The summed E-state index contributed by atoms with van der Waals surface area (Å²) in [6.45, 7) is 15.0. The van der Waals surface area contributed by atoms with E-state index < -0.39 is 0 Å². The van der Waals surface area contributed by atoms with Crippen LogP contribution in [0.2, 0.25) is 0 Å². The first-order valence-electron chi connectivity index (χ1n) is 23.3. The van der Waals surface area contributed by atoms with E-state index in [1.54, 1.807) is 0 Å². The maximum absolute atomic E-state index is 10.8. The minimum absolute atomic E-state index is 0.498. The fourth-order valence-electron chi connectivity index (χ4n) is 9.85. The third-order valence-electron chi connectivity index (χ3n) is 12.7. The minimum Gasteiger partial charge on any atom is -0.307 e. The number of aryl methyl sites for hydroxylation is 8. The Morgan fingerprint density at radius 3 is 1.04 bits per heavy atom. The van der Waals surface area contributed by atoms with Crippen LogP contribution in [-0.2, 0) is 0 Å². The molecule has 0 aliphatic rings. The normalized spacial score (nSPS) is 11.6. The molecule has 0 unspecified atom stereocenters. The van der Waals surface area contributed by atoms with E-state index in [0.29, 0.717) is 81.3 Å². The third kappa shape index (κ3) is 7.51. The molecule has 12 aromatic rings. The van der Waals surface area contributed by atoms with Crippen molar-refractivity contribution in [3.63, 3.8) is 0 Å². The van der Waals surface area contributed by atoms with Gasteiger partial charge in [-0.2, -0.15) is 5.26 Å². The lowest BCUT2D eigenvalue weighted by Gasteiger charge is -2.18. The summed E-state index contributed by atoms with van der Waals surface area (Å²) in [5.74, 6) is 7.90. The molecule has 5 aromatic carbocycles. The second-order valence-corrected chi connectivity index (χ2v) is 17.8. The summed E-state index contributed by atoms with van der Waals surface area (Å²) in [6.07, 6.45) is 1.90. The van der Waals surface area contributed by atoms with Gasteiger partial charge in [0.1, 0.15) is 52.4 Å². The van der Waals surface area contributed by atoms with Gasteiger partial charge in [-0.15, -0.1) is 0 Å². The van der Waals surface area contributed by atoms with Gasteiger partial charge in [0.05, 0.1) is 45.6 Å². The number of nitrogens with zero attached hydrogens (tertiary/aromatic N) is 16. The van der Waals surface area contributed by atoms with E-state index >= 15 is 0 Å². The van der Waals surface area contributed by atoms with Gasteiger partial charge in [0.2, 0.25) is 0 Å². The summed E-state index contributed by atoms with van der Waals surface area (Å²) in [5, 5.41) is 14.8. The van der Waals surface area contributed by atoms with Crippen molar-refractivity contribution in [1.82, 2.24) is 73.9 Å². The Kier molecular flexibility index (Phi) is 10.2. The number of hydrogen-bond donors (Lipinski definition) is 0. The molecule has 7 heterocycles. The van der Waals surface area contributed by atoms with Crippen molar-refractivity contribution in [1.29, 1.82) is 5.26 Å². The molecule has 0 fully saturated rings. The zero-order valence-electron chi connectivity index (χ0n) is 40.5. The van der Waals surface area contributed by atoms with E-state index in [0.717, 1.165) is 82.7 Å². The van der Waals surface area contributed by atoms with Crippen molar-refractivity contribution in [2.75, 3.05) is 0 Å². The molecule has 0 N–H and O–H groups in total. The van der Waals surface area contributed by atoms with Gasteiger partial charge in [-0.25, -0.2) is 64.8 Å². The molecule has 16 heteroatoms. The van der Waals surface area contributed by atoms with Gasteiger partial charge in [-0.3, -0.25) is 4.57 Å². The zero-order valence-corrected chi connectivity index (χ0v) is 40.5. The maximum Gasteiger partial charge on any atom is 0.163 e. The minimum atomic E-state index is 0.498.